The lowest BCUT2D eigenvalue weighted by Crippen LogP contribution is -2.37. The molecule has 5 amide bonds. The Morgan fingerprint density at radius 3 is 2.31 bits per heavy atom. The molecule has 2 heterocycles. The van der Waals surface area contributed by atoms with E-state index in [1.165, 1.54) is 24.3 Å². The summed E-state index contributed by atoms with van der Waals surface area (Å²) in [6, 6.07) is 7.34. The van der Waals surface area contributed by atoms with Crippen LogP contribution in [0.3, 0.4) is 0 Å². The van der Waals surface area contributed by atoms with Crippen molar-refractivity contribution in [2.24, 2.45) is 0 Å². The zero-order chi connectivity index (χ0) is 20.9. The first-order chi connectivity index (χ1) is 13.8. The van der Waals surface area contributed by atoms with Crippen LogP contribution < -0.4 is 10.6 Å². The molecule has 11 nitrogen and oxygen atoms in total. The van der Waals surface area contributed by atoms with Crippen LogP contribution in [0.5, 0.6) is 0 Å². The zero-order valence-electron chi connectivity index (χ0n) is 14.4. The van der Waals surface area contributed by atoms with Gasteiger partial charge in [0.2, 0.25) is 5.91 Å². The van der Waals surface area contributed by atoms with Gasteiger partial charge in [-0.15, -0.1) is 0 Å². The van der Waals surface area contributed by atoms with E-state index in [1.54, 1.807) is 0 Å². The van der Waals surface area contributed by atoms with Crippen molar-refractivity contribution >= 4 is 40.9 Å². The molecule has 0 aromatic heterocycles. The Balaban J connectivity index is 1.51. The summed E-state index contributed by atoms with van der Waals surface area (Å²) >= 11 is 0. The minimum Gasteiger partial charge on any atom is -0.325 e. The largest absolute Gasteiger partial charge is 0.325 e. The van der Waals surface area contributed by atoms with E-state index in [0.717, 1.165) is 12.1 Å². The van der Waals surface area contributed by atoms with Crippen LogP contribution in [0.25, 0.3) is 0 Å². The minimum absolute atomic E-state index is 0.0267. The van der Waals surface area contributed by atoms with Crippen LogP contribution in [0.2, 0.25) is 0 Å². The third-order valence-corrected chi connectivity index (χ3v) is 4.49. The van der Waals surface area contributed by atoms with Crippen LogP contribution in [-0.4, -0.2) is 45.9 Å². The Morgan fingerprint density at radius 1 is 0.931 bits per heavy atom. The fraction of sp³-hybridized carbons (Fsp3) is 0.0556. The number of nitro groups is 1. The van der Waals surface area contributed by atoms with Crippen LogP contribution in [0.1, 0.15) is 41.4 Å². The molecule has 2 aromatic carbocycles. The van der Waals surface area contributed by atoms with Gasteiger partial charge in [0.05, 0.1) is 27.2 Å². The second-order valence-corrected chi connectivity index (χ2v) is 6.28. The Kier molecular flexibility index (Phi) is 3.93. The average Bonchev–Trinajstić information content (AvgIpc) is 3.09. The molecule has 0 fully saturated rings. The first-order valence-electron chi connectivity index (χ1n) is 8.20. The molecule has 0 saturated heterocycles. The summed E-state index contributed by atoms with van der Waals surface area (Å²) in [5.41, 5.74) is -0.0466. The SMILES string of the molecule is O=C(CN1C(=O)c2ccc([N+](=O)[O-])cc2C1=O)Nc1ccc2c(c1)C(=O)NC2=O. The molecule has 0 unspecified atom stereocenters. The molecule has 2 aliphatic heterocycles. The number of carbonyl (C=O) groups is 5. The lowest BCUT2D eigenvalue weighted by Gasteiger charge is -2.13. The Labute approximate surface area is 161 Å². The molecular formula is C18H10N4O7. The average molecular weight is 394 g/mol. The number of fused-ring (bicyclic) bond motifs is 2. The van der Waals surface area contributed by atoms with Crippen molar-refractivity contribution in [1.29, 1.82) is 0 Å². The standard InChI is InChI=1S/C18H10N4O7/c23-14(19-8-1-3-10-12(5-8)16(25)20-15(10)24)7-21-17(26)11-4-2-9(22(28)29)6-13(11)18(21)27/h1-6H,7H2,(H,19,23)(H,20,24,25). The van der Waals surface area contributed by atoms with E-state index in [0.29, 0.717) is 4.90 Å². The maximum atomic E-state index is 12.4. The van der Waals surface area contributed by atoms with E-state index < -0.39 is 41.0 Å². The molecule has 144 valence electrons. The van der Waals surface area contributed by atoms with Crippen molar-refractivity contribution in [2.75, 3.05) is 11.9 Å². The highest BCUT2D eigenvalue weighted by Crippen LogP contribution is 2.27. The number of carbonyl (C=O) groups excluding carboxylic acids is 5. The number of benzene rings is 2. The first-order valence-corrected chi connectivity index (χ1v) is 8.20. The highest BCUT2D eigenvalue weighted by molar-refractivity contribution is 6.23. The molecule has 2 aliphatic rings. The molecule has 0 spiro atoms. The summed E-state index contributed by atoms with van der Waals surface area (Å²) in [6.45, 7) is -0.623. The number of nitrogens with one attached hydrogen (secondary N) is 2. The van der Waals surface area contributed by atoms with Gasteiger partial charge in [0.15, 0.2) is 0 Å². The van der Waals surface area contributed by atoms with Gasteiger partial charge < -0.3 is 5.32 Å². The van der Waals surface area contributed by atoms with Gasteiger partial charge in [-0.1, -0.05) is 0 Å². The van der Waals surface area contributed by atoms with Crippen molar-refractivity contribution in [2.45, 2.75) is 0 Å². The number of hydrogen-bond acceptors (Lipinski definition) is 7. The van der Waals surface area contributed by atoms with E-state index in [9.17, 15) is 34.1 Å². The highest BCUT2D eigenvalue weighted by atomic mass is 16.6. The second kappa shape index (κ2) is 6.34. The van der Waals surface area contributed by atoms with Crippen molar-refractivity contribution in [3.05, 3.63) is 68.8 Å². The first kappa shape index (κ1) is 18.0. The predicted molar refractivity (Wildman–Crippen MR) is 95.3 cm³/mol. The number of rotatable bonds is 4. The van der Waals surface area contributed by atoms with Gasteiger partial charge in [-0.05, 0) is 24.3 Å². The van der Waals surface area contributed by atoms with Gasteiger partial charge in [-0.25, -0.2) is 0 Å². The number of hydrogen-bond donors (Lipinski definition) is 2. The Morgan fingerprint density at radius 2 is 1.59 bits per heavy atom. The summed E-state index contributed by atoms with van der Waals surface area (Å²) in [6.07, 6.45) is 0. The second-order valence-electron chi connectivity index (χ2n) is 6.28. The smallest absolute Gasteiger partial charge is 0.270 e. The number of nitrogens with zero attached hydrogens (tertiary/aromatic N) is 2. The Hall–Kier alpha value is -4.41. The van der Waals surface area contributed by atoms with E-state index in [2.05, 4.69) is 10.6 Å². The fourth-order valence-electron chi connectivity index (χ4n) is 3.13. The van der Waals surface area contributed by atoms with Crippen LogP contribution in [0.4, 0.5) is 11.4 Å². The molecule has 0 atom stereocenters. The maximum Gasteiger partial charge on any atom is 0.270 e. The van der Waals surface area contributed by atoms with Crippen molar-refractivity contribution in [3.63, 3.8) is 0 Å². The third kappa shape index (κ3) is 2.90. The Bertz CT molecular complexity index is 1170. The molecule has 0 saturated carbocycles. The molecule has 0 aliphatic carbocycles. The predicted octanol–water partition coefficient (Wildman–Crippen LogP) is 0.713. The van der Waals surface area contributed by atoms with Crippen LogP contribution in [-0.2, 0) is 4.79 Å². The van der Waals surface area contributed by atoms with E-state index >= 15 is 0 Å². The molecule has 2 aromatic rings. The number of nitro benzene ring substituents is 1. The van der Waals surface area contributed by atoms with E-state index in [-0.39, 0.29) is 33.6 Å². The summed E-state index contributed by atoms with van der Waals surface area (Å²) in [7, 11) is 0. The topological polar surface area (TPSA) is 156 Å². The molecule has 2 N–H and O–H groups in total. The van der Waals surface area contributed by atoms with Crippen LogP contribution in [0, 0.1) is 10.1 Å². The van der Waals surface area contributed by atoms with Gasteiger partial charge in [0, 0.05) is 17.8 Å². The zero-order valence-corrected chi connectivity index (χ0v) is 14.4. The number of imide groups is 2. The molecule has 0 bridgehead atoms. The fourth-order valence-corrected chi connectivity index (χ4v) is 3.13. The monoisotopic (exact) mass is 394 g/mol. The van der Waals surface area contributed by atoms with Gasteiger partial charge in [-0.2, -0.15) is 0 Å². The molecule has 11 heteroatoms. The lowest BCUT2D eigenvalue weighted by molar-refractivity contribution is -0.384. The molecular weight excluding hydrogens is 384 g/mol. The van der Waals surface area contributed by atoms with Gasteiger partial charge in [-0.3, -0.25) is 44.3 Å². The summed E-state index contributed by atoms with van der Waals surface area (Å²) in [5.74, 6) is -3.42. The van der Waals surface area contributed by atoms with Crippen LogP contribution >= 0.6 is 0 Å². The maximum absolute atomic E-state index is 12.4. The van der Waals surface area contributed by atoms with Crippen molar-refractivity contribution in [3.8, 4) is 0 Å². The van der Waals surface area contributed by atoms with Gasteiger partial charge in [0.25, 0.3) is 29.3 Å². The number of anilines is 1. The van der Waals surface area contributed by atoms with Crippen molar-refractivity contribution < 1.29 is 28.9 Å². The number of non-ortho nitro benzene ring substituents is 1. The van der Waals surface area contributed by atoms with E-state index in [4.69, 9.17) is 0 Å². The third-order valence-electron chi connectivity index (χ3n) is 4.49. The van der Waals surface area contributed by atoms with Gasteiger partial charge >= 0.3 is 0 Å². The highest BCUT2D eigenvalue weighted by Gasteiger charge is 2.38. The molecule has 4 rings (SSSR count). The summed E-state index contributed by atoms with van der Waals surface area (Å²) in [5, 5.41) is 15.4. The quantitative estimate of drug-likeness (QED) is 0.439. The molecule has 29 heavy (non-hydrogen) atoms. The normalized spacial score (nSPS) is 14.6. The van der Waals surface area contributed by atoms with Crippen LogP contribution in [0.15, 0.2) is 36.4 Å². The summed E-state index contributed by atoms with van der Waals surface area (Å²) in [4.78, 5) is 71.2. The minimum atomic E-state index is -0.817. The summed E-state index contributed by atoms with van der Waals surface area (Å²) < 4.78 is 0. The van der Waals surface area contributed by atoms with Crippen molar-refractivity contribution in [1.82, 2.24) is 10.2 Å². The van der Waals surface area contributed by atoms with Gasteiger partial charge in [0.1, 0.15) is 6.54 Å². The van der Waals surface area contributed by atoms with E-state index in [1.807, 2.05) is 0 Å². The lowest BCUT2D eigenvalue weighted by atomic mass is 10.1. The molecule has 0 radical (unpaired) electrons. The number of amides is 5.